The minimum atomic E-state index is 0.849. The molecule has 2 rings (SSSR count). The highest BCUT2D eigenvalue weighted by atomic mass is 16.4. The highest BCUT2D eigenvalue weighted by Crippen LogP contribution is 2.29. The largest absolute Gasteiger partial charge is 0.388 e. The first-order chi connectivity index (χ1) is 10.6. The van der Waals surface area contributed by atoms with Crippen molar-refractivity contribution in [2.45, 2.75) is 65.3 Å². The van der Waals surface area contributed by atoms with Gasteiger partial charge in [-0.3, -0.25) is 4.90 Å². The molecule has 3 heteroatoms. The zero-order valence-corrected chi connectivity index (χ0v) is 15.8. The van der Waals surface area contributed by atoms with Gasteiger partial charge in [0.15, 0.2) is 0 Å². The fraction of sp³-hybridized carbons (Fsp3) is 1.00. The summed E-state index contributed by atoms with van der Waals surface area (Å²) in [6.45, 7) is 13.6. The number of piperazine rings is 1. The molecule has 1 heterocycles. The van der Waals surface area contributed by atoms with E-state index in [9.17, 15) is 0 Å². The van der Waals surface area contributed by atoms with E-state index in [1.165, 1.54) is 71.2 Å². The molecule has 1 aliphatic heterocycles. The van der Waals surface area contributed by atoms with Gasteiger partial charge in [0.05, 0.1) is 0 Å². The Labute approximate surface area is 139 Å². The monoisotopic (exact) mass is 312 g/mol. The molecule has 0 spiro atoms. The van der Waals surface area contributed by atoms with Gasteiger partial charge < -0.3 is 9.64 Å². The first-order valence-corrected chi connectivity index (χ1v) is 9.47. The molecule has 1 saturated heterocycles. The molecule has 0 N–H and O–H groups in total. The summed E-state index contributed by atoms with van der Waals surface area (Å²) >= 11 is 0. The van der Waals surface area contributed by atoms with Gasteiger partial charge in [0.2, 0.25) is 0 Å². The summed E-state index contributed by atoms with van der Waals surface area (Å²) < 4.78 is 4.25. The van der Waals surface area contributed by atoms with E-state index in [2.05, 4.69) is 35.3 Å². The third-order valence-electron chi connectivity index (χ3n) is 5.34. The fourth-order valence-electron chi connectivity index (χ4n) is 3.71. The first kappa shape index (κ1) is 19.9. The second kappa shape index (κ2) is 11.4. The first-order valence-electron chi connectivity index (χ1n) is 9.47. The maximum atomic E-state index is 4.25. The number of methoxy groups -OCH3 is 1. The van der Waals surface area contributed by atoms with Crippen LogP contribution in [0.4, 0.5) is 0 Å². The molecule has 2 fully saturated rings. The molecular weight excluding hydrogens is 272 g/mol. The van der Waals surface area contributed by atoms with Crippen molar-refractivity contribution >= 4 is 0 Å². The van der Waals surface area contributed by atoms with Crippen molar-refractivity contribution in [1.29, 1.82) is 0 Å². The van der Waals surface area contributed by atoms with Crippen LogP contribution in [0.15, 0.2) is 0 Å². The van der Waals surface area contributed by atoms with Crippen molar-refractivity contribution in [3.05, 3.63) is 0 Å². The Morgan fingerprint density at radius 3 is 1.95 bits per heavy atom. The minimum absolute atomic E-state index is 0.849. The van der Waals surface area contributed by atoms with E-state index in [-0.39, 0.29) is 0 Å². The second-order valence-corrected chi connectivity index (χ2v) is 7.55. The van der Waals surface area contributed by atoms with Crippen molar-refractivity contribution in [3.8, 4) is 0 Å². The molecule has 0 aromatic heterocycles. The average Bonchev–Trinajstić information content (AvgIpc) is 2.54. The topological polar surface area (TPSA) is 15.7 Å². The Kier molecular flexibility index (Phi) is 10.3. The summed E-state index contributed by atoms with van der Waals surface area (Å²) in [7, 11) is 3.25. The van der Waals surface area contributed by atoms with Gasteiger partial charge in [0.1, 0.15) is 0 Å². The summed E-state index contributed by atoms with van der Waals surface area (Å²) in [6.07, 6.45) is 8.65. The number of ether oxygens (including phenoxy) is 1. The van der Waals surface area contributed by atoms with Crippen molar-refractivity contribution in [2.24, 2.45) is 11.8 Å². The van der Waals surface area contributed by atoms with Gasteiger partial charge in [-0.2, -0.15) is 0 Å². The molecule has 0 amide bonds. The second-order valence-electron chi connectivity index (χ2n) is 7.55. The van der Waals surface area contributed by atoms with E-state index in [1.54, 1.807) is 14.2 Å². The lowest BCUT2D eigenvalue weighted by Gasteiger charge is -2.42. The zero-order chi connectivity index (χ0) is 16.4. The lowest BCUT2D eigenvalue weighted by molar-refractivity contribution is 0.0683. The number of nitrogens with zero attached hydrogens (tertiary/aromatic N) is 2. The minimum Gasteiger partial charge on any atom is -0.388 e. The molecule has 132 valence electrons. The third kappa shape index (κ3) is 7.43. The molecule has 2 aliphatic rings. The van der Waals surface area contributed by atoms with Crippen molar-refractivity contribution in [2.75, 3.05) is 46.9 Å². The summed E-state index contributed by atoms with van der Waals surface area (Å²) in [5.74, 6) is 1.88. The highest BCUT2D eigenvalue weighted by molar-refractivity contribution is 4.83. The van der Waals surface area contributed by atoms with E-state index >= 15 is 0 Å². The van der Waals surface area contributed by atoms with Crippen LogP contribution in [0.1, 0.15) is 59.3 Å². The molecule has 0 aromatic carbocycles. The lowest BCUT2D eigenvalue weighted by atomic mass is 9.84. The SMILES string of the molecule is CCC1CCC(N2CCN(CCC(C)C)CC2)CC1.COC. The van der Waals surface area contributed by atoms with Crippen LogP contribution in [0.3, 0.4) is 0 Å². The number of hydrogen-bond donors (Lipinski definition) is 0. The molecule has 0 bridgehead atoms. The predicted octanol–water partition coefficient (Wildman–Crippen LogP) is 3.88. The van der Waals surface area contributed by atoms with Gasteiger partial charge in [0.25, 0.3) is 0 Å². The molecule has 0 aromatic rings. The van der Waals surface area contributed by atoms with Crippen LogP contribution in [-0.2, 0) is 4.74 Å². The van der Waals surface area contributed by atoms with Crippen LogP contribution in [0, 0.1) is 11.8 Å². The van der Waals surface area contributed by atoms with E-state index in [0.717, 1.165) is 17.9 Å². The van der Waals surface area contributed by atoms with Gasteiger partial charge in [-0.1, -0.05) is 27.2 Å². The van der Waals surface area contributed by atoms with Crippen LogP contribution in [0.25, 0.3) is 0 Å². The molecule has 3 nitrogen and oxygen atoms in total. The van der Waals surface area contributed by atoms with E-state index in [4.69, 9.17) is 0 Å². The maximum Gasteiger partial charge on any atom is 0.0351 e. The average molecular weight is 313 g/mol. The number of hydrogen-bond acceptors (Lipinski definition) is 3. The third-order valence-corrected chi connectivity index (χ3v) is 5.34. The van der Waals surface area contributed by atoms with E-state index in [0.29, 0.717) is 0 Å². The smallest absolute Gasteiger partial charge is 0.0351 e. The van der Waals surface area contributed by atoms with Gasteiger partial charge in [-0.05, 0) is 50.5 Å². The summed E-state index contributed by atoms with van der Waals surface area (Å²) in [6, 6.07) is 0.912. The Bertz CT molecular complexity index is 254. The Morgan fingerprint density at radius 2 is 1.50 bits per heavy atom. The van der Waals surface area contributed by atoms with Gasteiger partial charge >= 0.3 is 0 Å². The van der Waals surface area contributed by atoms with Gasteiger partial charge in [-0.25, -0.2) is 0 Å². The Morgan fingerprint density at radius 1 is 0.955 bits per heavy atom. The van der Waals surface area contributed by atoms with Gasteiger partial charge in [0, 0.05) is 46.4 Å². The van der Waals surface area contributed by atoms with Crippen LogP contribution < -0.4 is 0 Å². The molecule has 1 aliphatic carbocycles. The summed E-state index contributed by atoms with van der Waals surface area (Å²) in [5, 5.41) is 0. The maximum absolute atomic E-state index is 4.25. The van der Waals surface area contributed by atoms with Crippen molar-refractivity contribution in [3.63, 3.8) is 0 Å². The van der Waals surface area contributed by atoms with Crippen molar-refractivity contribution < 1.29 is 4.74 Å². The molecule has 0 radical (unpaired) electrons. The highest BCUT2D eigenvalue weighted by Gasteiger charge is 2.27. The molecule has 1 saturated carbocycles. The van der Waals surface area contributed by atoms with Crippen LogP contribution in [0.5, 0.6) is 0 Å². The standard InChI is InChI=1S/C17H34N2.C2H6O/c1-4-16-5-7-17(8-6-16)19-13-11-18(12-14-19)10-9-15(2)3;1-3-2/h15-17H,4-14H2,1-3H3;1-2H3. The molecule has 22 heavy (non-hydrogen) atoms. The Hall–Kier alpha value is -0.120. The summed E-state index contributed by atoms with van der Waals surface area (Å²) in [4.78, 5) is 5.46. The fourth-order valence-corrected chi connectivity index (χ4v) is 3.71. The lowest BCUT2D eigenvalue weighted by Crippen LogP contribution is -2.51. The van der Waals surface area contributed by atoms with Crippen LogP contribution in [0.2, 0.25) is 0 Å². The Balaban J connectivity index is 0.000000745. The van der Waals surface area contributed by atoms with Gasteiger partial charge in [-0.15, -0.1) is 0 Å². The van der Waals surface area contributed by atoms with Crippen LogP contribution >= 0.6 is 0 Å². The van der Waals surface area contributed by atoms with Crippen molar-refractivity contribution in [1.82, 2.24) is 9.80 Å². The number of rotatable bonds is 5. The summed E-state index contributed by atoms with van der Waals surface area (Å²) in [5.41, 5.74) is 0. The molecular formula is C19H40N2O. The van der Waals surface area contributed by atoms with Crippen LogP contribution in [-0.4, -0.2) is 62.8 Å². The normalized spacial score (nSPS) is 27.5. The van der Waals surface area contributed by atoms with E-state index in [1.807, 2.05) is 0 Å². The predicted molar refractivity (Wildman–Crippen MR) is 96.4 cm³/mol. The van der Waals surface area contributed by atoms with E-state index < -0.39 is 0 Å². The molecule has 0 atom stereocenters. The zero-order valence-electron chi connectivity index (χ0n) is 15.8. The molecule has 0 unspecified atom stereocenters. The quantitative estimate of drug-likeness (QED) is 0.766.